The first-order chi connectivity index (χ1) is 16.4. The maximum absolute atomic E-state index is 15.7. The van der Waals surface area contributed by atoms with Gasteiger partial charge in [0.25, 0.3) is 5.91 Å². The molecule has 0 aromatic heterocycles. The molecule has 5 rings (SSSR count). The molecular formula is C25H28F2N2O5S. The molecule has 10 heteroatoms. The summed E-state index contributed by atoms with van der Waals surface area (Å²) in [7, 11) is -3.85. The van der Waals surface area contributed by atoms with E-state index in [1.807, 2.05) is 6.07 Å². The number of rotatable bonds is 7. The summed E-state index contributed by atoms with van der Waals surface area (Å²) in [5, 5.41) is 0. The van der Waals surface area contributed by atoms with E-state index in [-0.39, 0.29) is 24.8 Å². The topological polar surface area (TPSA) is 92.8 Å². The Morgan fingerprint density at radius 2 is 1.83 bits per heavy atom. The van der Waals surface area contributed by atoms with E-state index >= 15 is 8.78 Å². The maximum atomic E-state index is 15.7. The molecular weight excluding hydrogens is 478 g/mol. The fraction of sp³-hybridized carbons (Fsp3) is 0.440. The molecule has 0 radical (unpaired) electrons. The van der Waals surface area contributed by atoms with Gasteiger partial charge in [0.15, 0.2) is 6.10 Å². The van der Waals surface area contributed by atoms with E-state index in [1.165, 1.54) is 18.7 Å². The number of benzene rings is 2. The normalized spacial score (nSPS) is 26.5. The van der Waals surface area contributed by atoms with Crippen molar-refractivity contribution in [2.45, 2.75) is 63.0 Å². The third-order valence-corrected chi connectivity index (χ3v) is 7.40. The Morgan fingerprint density at radius 3 is 2.43 bits per heavy atom. The molecule has 2 bridgehead atoms. The molecule has 2 aromatic rings. The number of nitrogens with one attached hydrogen (secondary N) is 1. The maximum Gasteiger partial charge on any atom is 0.303 e. The highest BCUT2D eigenvalue weighted by Gasteiger charge is 2.63. The third kappa shape index (κ3) is 5.08. The van der Waals surface area contributed by atoms with Gasteiger partial charge in [-0.1, -0.05) is 48.5 Å². The highest BCUT2D eigenvalue weighted by atomic mass is 32.2. The van der Waals surface area contributed by atoms with E-state index < -0.39 is 57.6 Å². The van der Waals surface area contributed by atoms with Crippen LogP contribution in [0.15, 0.2) is 48.5 Å². The van der Waals surface area contributed by atoms with E-state index in [0.717, 1.165) is 6.26 Å². The van der Waals surface area contributed by atoms with Gasteiger partial charge in [-0.05, 0) is 24.5 Å². The zero-order chi connectivity index (χ0) is 25.5. The minimum Gasteiger partial charge on any atom is -0.453 e. The molecule has 0 spiro atoms. The van der Waals surface area contributed by atoms with Gasteiger partial charge in [-0.15, -0.1) is 0 Å². The number of piperidine rings is 2. The molecule has 2 aliphatic heterocycles. The Labute approximate surface area is 203 Å². The standard InChI is InChI=1S/C25H28F2N2O5S/c1-15(34-16(2)30)24(31)29-19-13-25(27,14-19)23(28-35(3,32)33)21(29)12-18-10-7-11-20(22(18)26)17-8-5-4-6-9-17/h4-11,15,19,21,23,28H,12-14H2,1-3H3/t15-,19?,21+,23-,25?/m1/s1. The Balaban J connectivity index is 1.74. The third-order valence-electron chi connectivity index (χ3n) is 6.72. The van der Waals surface area contributed by atoms with Crippen molar-refractivity contribution in [1.82, 2.24) is 9.62 Å². The number of sulfonamides is 1. The van der Waals surface area contributed by atoms with Crippen molar-refractivity contribution < 1.29 is 31.5 Å². The summed E-state index contributed by atoms with van der Waals surface area (Å²) in [6.45, 7) is 2.58. The summed E-state index contributed by atoms with van der Waals surface area (Å²) >= 11 is 0. The summed E-state index contributed by atoms with van der Waals surface area (Å²) in [5.41, 5.74) is -0.646. The second-order valence-corrected chi connectivity index (χ2v) is 11.2. The lowest BCUT2D eigenvalue weighted by Crippen LogP contribution is -2.77. The van der Waals surface area contributed by atoms with Crippen LogP contribution in [0, 0.1) is 5.82 Å². The van der Waals surface area contributed by atoms with Crippen LogP contribution < -0.4 is 4.72 Å². The van der Waals surface area contributed by atoms with Gasteiger partial charge < -0.3 is 9.64 Å². The van der Waals surface area contributed by atoms with E-state index in [4.69, 9.17) is 4.74 Å². The average molecular weight is 507 g/mol. The second kappa shape index (κ2) is 9.31. The van der Waals surface area contributed by atoms with Crippen LogP contribution in [0.5, 0.6) is 0 Å². The molecule has 1 aliphatic carbocycles. The number of halogens is 2. The van der Waals surface area contributed by atoms with Gasteiger partial charge in [0, 0.05) is 31.4 Å². The monoisotopic (exact) mass is 506 g/mol. The van der Waals surface area contributed by atoms with Gasteiger partial charge in [0.2, 0.25) is 10.0 Å². The SMILES string of the molecule is CC(=O)O[C@H](C)C(=O)N1C2CC(F)(C2)[C@H](NS(C)(=O)=O)[C@@H]1Cc1cccc(-c2ccccc2)c1F. The number of carbonyl (C=O) groups is 2. The first kappa shape index (κ1) is 25.2. The molecule has 2 saturated heterocycles. The van der Waals surface area contributed by atoms with Crippen LogP contribution in [0.3, 0.4) is 0 Å². The molecule has 1 amide bonds. The molecule has 3 fully saturated rings. The first-order valence-electron chi connectivity index (χ1n) is 11.4. The molecule has 35 heavy (non-hydrogen) atoms. The van der Waals surface area contributed by atoms with E-state index in [2.05, 4.69) is 4.72 Å². The van der Waals surface area contributed by atoms with Gasteiger partial charge in [0.05, 0.1) is 18.3 Å². The Kier molecular flexibility index (Phi) is 6.72. The number of hydrogen-bond donors (Lipinski definition) is 1. The predicted octanol–water partition coefficient (Wildman–Crippen LogP) is 2.99. The second-order valence-electron chi connectivity index (χ2n) is 9.38. The molecule has 1 N–H and O–H groups in total. The molecule has 0 unspecified atom stereocenters. The summed E-state index contributed by atoms with van der Waals surface area (Å²) in [6, 6.07) is 10.9. The molecule has 7 nitrogen and oxygen atoms in total. The van der Waals surface area contributed by atoms with Crippen molar-refractivity contribution in [3.05, 3.63) is 59.9 Å². The van der Waals surface area contributed by atoms with Crippen molar-refractivity contribution in [1.29, 1.82) is 0 Å². The Morgan fingerprint density at radius 1 is 1.17 bits per heavy atom. The molecule has 188 valence electrons. The van der Waals surface area contributed by atoms with Crippen LogP contribution in [0.1, 0.15) is 32.3 Å². The van der Waals surface area contributed by atoms with Gasteiger partial charge in [-0.25, -0.2) is 21.9 Å². The summed E-state index contributed by atoms with van der Waals surface area (Å²) in [4.78, 5) is 26.1. The lowest BCUT2D eigenvalue weighted by molar-refractivity contribution is -0.179. The van der Waals surface area contributed by atoms with Crippen LogP contribution in [-0.4, -0.2) is 61.3 Å². The summed E-state index contributed by atoms with van der Waals surface area (Å²) < 4.78 is 63.1. The quantitative estimate of drug-likeness (QED) is 0.583. The highest BCUT2D eigenvalue weighted by Crippen LogP contribution is 2.50. The minimum atomic E-state index is -3.85. The zero-order valence-corrected chi connectivity index (χ0v) is 20.5. The minimum absolute atomic E-state index is 0.0538. The predicted molar refractivity (Wildman–Crippen MR) is 126 cm³/mol. The van der Waals surface area contributed by atoms with Gasteiger partial charge in [-0.2, -0.15) is 0 Å². The van der Waals surface area contributed by atoms with Crippen LogP contribution in [0.25, 0.3) is 11.1 Å². The molecule has 1 saturated carbocycles. The van der Waals surface area contributed by atoms with Crippen LogP contribution in [-0.2, 0) is 30.8 Å². The smallest absolute Gasteiger partial charge is 0.303 e. The zero-order valence-electron chi connectivity index (χ0n) is 19.7. The number of hydrogen-bond acceptors (Lipinski definition) is 5. The number of ether oxygens (including phenoxy) is 1. The average Bonchev–Trinajstić information content (AvgIpc) is 2.75. The van der Waals surface area contributed by atoms with Crippen molar-refractivity contribution in [2.75, 3.05) is 6.26 Å². The van der Waals surface area contributed by atoms with Crippen molar-refractivity contribution in [3.8, 4) is 11.1 Å². The van der Waals surface area contributed by atoms with Crippen molar-refractivity contribution in [2.24, 2.45) is 0 Å². The summed E-state index contributed by atoms with van der Waals surface area (Å²) in [5.74, 6) is -1.75. The Bertz CT molecular complexity index is 1230. The van der Waals surface area contributed by atoms with Crippen molar-refractivity contribution >= 4 is 21.9 Å². The summed E-state index contributed by atoms with van der Waals surface area (Å²) in [6.07, 6.45) is -0.464. The number of carbonyl (C=O) groups excluding carboxylic acids is 2. The number of nitrogens with zero attached hydrogens (tertiary/aromatic N) is 1. The molecule has 3 atom stereocenters. The van der Waals surface area contributed by atoms with Crippen LogP contribution in [0.2, 0.25) is 0 Å². The van der Waals surface area contributed by atoms with Crippen LogP contribution >= 0.6 is 0 Å². The highest BCUT2D eigenvalue weighted by molar-refractivity contribution is 7.88. The van der Waals surface area contributed by atoms with E-state index in [1.54, 1.807) is 42.5 Å². The van der Waals surface area contributed by atoms with E-state index in [0.29, 0.717) is 11.1 Å². The lowest BCUT2D eigenvalue weighted by atomic mass is 9.64. The fourth-order valence-electron chi connectivity index (χ4n) is 5.24. The number of fused-ring (bicyclic) bond motifs is 2. The van der Waals surface area contributed by atoms with Gasteiger partial charge in [-0.3, -0.25) is 9.59 Å². The van der Waals surface area contributed by atoms with E-state index in [9.17, 15) is 18.0 Å². The fourth-order valence-corrected chi connectivity index (χ4v) is 6.07. The van der Waals surface area contributed by atoms with Crippen molar-refractivity contribution in [3.63, 3.8) is 0 Å². The number of esters is 1. The molecule has 2 heterocycles. The molecule has 3 aliphatic rings. The largest absolute Gasteiger partial charge is 0.453 e. The van der Waals surface area contributed by atoms with Gasteiger partial charge >= 0.3 is 5.97 Å². The van der Waals surface area contributed by atoms with Crippen LogP contribution in [0.4, 0.5) is 8.78 Å². The molecule has 2 aromatic carbocycles. The number of amides is 1. The van der Waals surface area contributed by atoms with Gasteiger partial charge in [0.1, 0.15) is 11.5 Å². The Hall–Kier alpha value is -2.85. The lowest BCUT2D eigenvalue weighted by Gasteiger charge is -2.61. The number of alkyl halides is 1. The first-order valence-corrected chi connectivity index (χ1v) is 13.3.